The lowest BCUT2D eigenvalue weighted by atomic mass is 9.99. The lowest BCUT2D eigenvalue weighted by Gasteiger charge is -2.34. The Kier molecular flexibility index (Phi) is 7.72. The van der Waals surface area contributed by atoms with Gasteiger partial charge in [-0.2, -0.15) is 11.3 Å². The van der Waals surface area contributed by atoms with E-state index < -0.39 is 6.03 Å². The molecule has 0 radical (unpaired) electrons. The fourth-order valence-electron chi connectivity index (χ4n) is 5.00. The number of piperazine rings is 1. The van der Waals surface area contributed by atoms with Gasteiger partial charge in [0.15, 0.2) is 5.78 Å². The third-order valence-electron chi connectivity index (χ3n) is 7.35. The molecule has 3 amide bonds. The molecule has 6 rings (SSSR count). The van der Waals surface area contributed by atoms with Gasteiger partial charge in [0.2, 0.25) is 0 Å². The second kappa shape index (κ2) is 11.9. The van der Waals surface area contributed by atoms with Crippen molar-refractivity contribution in [3.8, 4) is 0 Å². The van der Waals surface area contributed by atoms with Crippen molar-refractivity contribution in [3.63, 3.8) is 0 Å². The van der Waals surface area contributed by atoms with Crippen LogP contribution >= 0.6 is 11.3 Å². The number of benzene rings is 3. The molecule has 4 N–H and O–H groups in total. The van der Waals surface area contributed by atoms with Crippen molar-refractivity contribution in [2.45, 2.75) is 0 Å². The molecule has 212 valence electrons. The molecular formula is C32H30N6O3S. The molecule has 0 unspecified atom stereocenters. The van der Waals surface area contributed by atoms with E-state index in [1.807, 2.05) is 22.9 Å². The number of thiophene rings is 1. The van der Waals surface area contributed by atoms with Crippen LogP contribution in [0.15, 0.2) is 89.8 Å². The Morgan fingerprint density at radius 2 is 1.62 bits per heavy atom. The summed E-state index contributed by atoms with van der Waals surface area (Å²) in [6, 6.07) is 21.5. The highest BCUT2D eigenvalue weighted by atomic mass is 32.1. The summed E-state index contributed by atoms with van der Waals surface area (Å²) in [4.78, 5) is 43.1. The number of fused-ring (bicyclic) bond motifs is 1. The number of urea groups is 1. The maximum absolute atomic E-state index is 13.3. The number of hydrogen-bond acceptors (Lipinski definition) is 7. The summed E-state index contributed by atoms with van der Waals surface area (Å²) >= 11 is 1.48. The molecule has 0 aliphatic carbocycles. The van der Waals surface area contributed by atoms with E-state index in [2.05, 4.69) is 50.2 Å². The van der Waals surface area contributed by atoms with Gasteiger partial charge in [0, 0.05) is 77.2 Å². The number of amides is 3. The Labute approximate surface area is 247 Å². The van der Waals surface area contributed by atoms with Crippen molar-refractivity contribution >= 4 is 63.1 Å². The summed E-state index contributed by atoms with van der Waals surface area (Å²) in [6.07, 6.45) is 1.70. The van der Waals surface area contributed by atoms with Gasteiger partial charge in [-0.1, -0.05) is 24.3 Å². The normalized spacial score (nSPS) is 15.7. The summed E-state index contributed by atoms with van der Waals surface area (Å²) in [6.45, 7) is 4.10. The van der Waals surface area contributed by atoms with E-state index in [4.69, 9.17) is 0 Å². The number of anilines is 5. The minimum atomic E-state index is -0.392. The molecule has 1 fully saturated rings. The Bertz CT molecular complexity index is 1660. The molecular weight excluding hydrogens is 548 g/mol. The predicted molar refractivity (Wildman–Crippen MR) is 170 cm³/mol. The highest BCUT2D eigenvalue weighted by Gasteiger charge is 2.25. The third-order valence-corrected chi connectivity index (χ3v) is 8.03. The minimum Gasteiger partial charge on any atom is -0.369 e. The van der Waals surface area contributed by atoms with Gasteiger partial charge < -0.3 is 31.1 Å². The molecule has 1 aromatic heterocycles. The van der Waals surface area contributed by atoms with E-state index in [0.29, 0.717) is 33.8 Å². The zero-order chi connectivity index (χ0) is 29.1. The van der Waals surface area contributed by atoms with E-state index in [1.165, 1.54) is 17.0 Å². The number of likely N-dealkylation sites (N-methyl/N-ethyl adjacent to an activating group) is 1. The van der Waals surface area contributed by atoms with Crippen LogP contribution < -0.4 is 26.2 Å². The highest BCUT2D eigenvalue weighted by molar-refractivity contribution is 7.08. The molecule has 3 aromatic carbocycles. The smallest absolute Gasteiger partial charge is 0.323 e. The first-order valence-electron chi connectivity index (χ1n) is 13.6. The van der Waals surface area contributed by atoms with Gasteiger partial charge in [-0.15, -0.1) is 0 Å². The Morgan fingerprint density at radius 1 is 0.857 bits per heavy atom. The first-order chi connectivity index (χ1) is 20.4. The highest BCUT2D eigenvalue weighted by Crippen LogP contribution is 2.33. The average Bonchev–Trinajstić information content (AvgIpc) is 3.62. The van der Waals surface area contributed by atoms with Crippen LogP contribution in [0.5, 0.6) is 0 Å². The lowest BCUT2D eigenvalue weighted by Crippen LogP contribution is -2.44. The van der Waals surface area contributed by atoms with Crippen LogP contribution in [-0.4, -0.2) is 55.8 Å². The van der Waals surface area contributed by atoms with Crippen molar-refractivity contribution in [1.82, 2.24) is 4.90 Å². The molecule has 1 saturated heterocycles. The van der Waals surface area contributed by atoms with Crippen LogP contribution in [0.4, 0.5) is 33.2 Å². The SMILES string of the molecule is CN1CCN(c2ccc(N/C=C3/C(=O)Nc4cc(C(=O)c5cccc(NC(=O)Nc6ccsc6)c5)ccc43)cc2)CC1. The number of rotatable bonds is 7. The molecule has 10 heteroatoms. The number of hydrogen-bond donors (Lipinski definition) is 4. The summed E-state index contributed by atoms with van der Waals surface area (Å²) in [5.41, 5.74) is 5.91. The standard InChI is InChI=1S/C32H30N6O3S/c1-37-12-14-38(15-13-37)26-8-6-23(7-9-26)33-19-28-27-10-5-22(18-29(27)36-31(28)40)30(39)21-3-2-4-24(17-21)34-32(41)35-25-11-16-42-20-25/h2-11,16-20,33H,12-15H2,1H3,(H,36,40)(H2,34,35,41)/b28-19+. The Balaban J connectivity index is 1.12. The quantitative estimate of drug-likeness (QED) is 0.164. The van der Waals surface area contributed by atoms with Gasteiger partial charge in [0.1, 0.15) is 0 Å². The average molecular weight is 579 g/mol. The maximum Gasteiger partial charge on any atom is 0.323 e. The molecule has 0 atom stereocenters. The molecule has 2 aliphatic rings. The predicted octanol–water partition coefficient (Wildman–Crippen LogP) is 5.78. The third kappa shape index (κ3) is 6.04. The van der Waals surface area contributed by atoms with Crippen molar-refractivity contribution in [2.75, 3.05) is 59.4 Å². The zero-order valence-electron chi connectivity index (χ0n) is 23.0. The van der Waals surface area contributed by atoms with E-state index in [1.54, 1.807) is 54.7 Å². The monoisotopic (exact) mass is 578 g/mol. The number of nitrogens with zero attached hydrogens (tertiary/aromatic N) is 2. The molecule has 0 saturated carbocycles. The van der Waals surface area contributed by atoms with E-state index in [-0.39, 0.29) is 11.7 Å². The minimum absolute atomic E-state index is 0.218. The second-order valence-corrected chi connectivity index (χ2v) is 11.0. The summed E-state index contributed by atoms with van der Waals surface area (Å²) in [5, 5.41) is 15.3. The molecule has 0 spiro atoms. The van der Waals surface area contributed by atoms with E-state index in [0.717, 1.165) is 37.4 Å². The summed E-state index contributed by atoms with van der Waals surface area (Å²) < 4.78 is 0. The van der Waals surface area contributed by atoms with Crippen LogP contribution in [0, 0.1) is 0 Å². The van der Waals surface area contributed by atoms with Gasteiger partial charge in [-0.3, -0.25) is 9.59 Å². The van der Waals surface area contributed by atoms with Crippen molar-refractivity contribution < 1.29 is 14.4 Å². The lowest BCUT2D eigenvalue weighted by molar-refractivity contribution is -0.110. The van der Waals surface area contributed by atoms with Crippen molar-refractivity contribution in [1.29, 1.82) is 0 Å². The number of carbonyl (C=O) groups is 3. The van der Waals surface area contributed by atoms with Crippen LogP contribution in [0.25, 0.3) is 5.57 Å². The van der Waals surface area contributed by atoms with Crippen molar-refractivity contribution in [2.24, 2.45) is 0 Å². The first-order valence-corrected chi connectivity index (χ1v) is 14.6. The largest absolute Gasteiger partial charge is 0.369 e. The van der Waals surface area contributed by atoms with Crippen LogP contribution in [0.2, 0.25) is 0 Å². The van der Waals surface area contributed by atoms with Gasteiger partial charge in [0.25, 0.3) is 5.91 Å². The zero-order valence-corrected chi connectivity index (χ0v) is 23.8. The van der Waals surface area contributed by atoms with Crippen LogP contribution in [0.3, 0.4) is 0 Å². The van der Waals surface area contributed by atoms with Gasteiger partial charge in [-0.25, -0.2) is 4.79 Å². The first kappa shape index (κ1) is 27.3. The molecule has 3 heterocycles. The fourth-order valence-corrected chi connectivity index (χ4v) is 5.59. The summed E-state index contributed by atoms with van der Waals surface area (Å²) in [5.74, 6) is -0.455. The van der Waals surface area contributed by atoms with Gasteiger partial charge in [0.05, 0.1) is 11.3 Å². The maximum atomic E-state index is 13.3. The van der Waals surface area contributed by atoms with Gasteiger partial charge >= 0.3 is 6.03 Å². The Hall–Kier alpha value is -4.93. The molecule has 4 aromatic rings. The second-order valence-electron chi connectivity index (χ2n) is 10.3. The van der Waals surface area contributed by atoms with Crippen LogP contribution in [-0.2, 0) is 4.79 Å². The Morgan fingerprint density at radius 3 is 2.38 bits per heavy atom. The van der Waals surface area contributed by atoms with E-state index in [9.17, 15) is 14.4 Å². The van der Waals surface area contributed by atoms with Gasteiger partial charge in [-0.05, 0) is 61.0 Å². The molecule has 2 aliphatic heterocycles. The molecule has 9 nitrogen and oxygen atoms in total. The summed E-state index contributed by atoms with van der Waals surface area (Å²) in [7, 11) is 2.14. The molecule has 42 heavy (non-hydrogen) atoms. The number of nitrogens with one attached hydrogen (secondary N) is 4. The van der Waals surface area contributed by atoms with Crippen LogP contribution in [0.1, 0.15) is 21.5 Å². The number of ketones is 1. The van der Waals surface area contributed by atoms with Crippen molar-refractivity contribution in [3.05, 3.63) is 106 Å². The fraction of sp³-hybridized carbons (Fsp3) is 0.156. The van der Waals surface area contributed by atoms with E-state index >= 15 is 0 Å². The molecule has 0 bridgehead atoms. The number of carbonyl (C=O) groups excluding carboxylic acids is 3. The topological polar surface area (TPSA) is 106 Å².